The molecule has 7 heteroatoms. The number of carbonyl (C=O) groups is 1. The third-order valence-corrected chi connectivity index (χ3v) is 6.01. The van der Waals surface area contributed by atoms with E-state index >= 15 is 0 Å². The molecule has 0 saturated carbocycles. The molecule has 0 radical (unpaired) electrons. The van der Waals surface area contributed by atoms with Crippen LogP contribution >= 0.6 is 0 Å². The van der Waals surface area contributed by atoms with Crippen molar-refractivity contribution >= 4 is 21.4 Å². The average Bonchev–Trinajstić information content (AvgIpc) is 2.94. The van der Waals surface area contributed by atoms with E-state index in [-0.39, 0.29) is 35.2 Å². The molecular formula is C18H21N3O3S. The number of anilines is 1. The largest absolute Gasteiger partial charge is 0.378 e. The van der Waals surface area contributed by atoms with Crippen LogP contribution in [0.25, 0.3) is 0 Å². The predicted octanol–water partition coefficient (Wildman–Crippen LogP) is 2.17. The van der Waals surface area contributed by atoms with Gasteiger partial charge in [-0.15, -0.1) is 0 Å². The highest BCUT2D eigenvalue weighted by Gasteiger charge is 2.29. The SMILES string of the molecule is CC(Nc1ccnc(C(=O)NC2CCS(=O)(=O)C2)c1)c1ccccc1. The Labute approximate surface area is 147 Å². The quantitative estimate of drug-likeness (QED) is 0.854. The monoisotopic (exact) mass is 359 g/mol. The van der Waals surface area contributed by atoms with Gasteiger partial charge in [-0.3, -0.25) is 9.78 Å². The minimum absolute atomic E-state index is 0.00171. The Morgan fingerprint density at radius 1 is 1.24 bits per heavy atom. The Kier molecular flexibility index (Phi) is 5.03. The molecule has 1 amide bonds. The molecule has 1 fully saturated rings. The fraction of sp³-hybridized carbons (Fsp3) is 0.333. The van der Waals surface area contributed by atoms with E-state index in [0.717, 1.165) is 11.3 Å². The molecule has 0 spiro atoms. The van der Waals surface area contributed by atoms with Gasteiger partial charge in [0.1, 0.15) is 5.69 Å². The number of rotatable bonds is 5. The second-order valence-corrected chi connectivity index (χ2v) is 8.51. The summed E-state index contributed by atoms with van der Waals surface area (Å²) in [5, 5.41) is 6.10. The van der Waals surface area contributed by atoms with Crippen molar-refractivity contribution in [2.24, 2.45) is 0 Å². The van der Waals surface area contributed by atoms with E-state index in [0.29, 0.717) is 6.42 Å². The third-order valence-electron chi connectivity index (χ3n) is 4.24. The number of sulfone groups is 1. The van der Waals surface area contributed by atoms with Crippen molar-refractivity contribution in [2.75, 3.05) is 16.8 Å². The van der Waals surface area contributed by atoms with Crippen molar-refractivity contribution in [3.8, 4) is 0 Å². The lowest BCUT2D eigenvalue weighted by Gasteiger charge is -2.16. The molecule has 2 heterocycles. The lowest BCUT2D eigenvalue weighted by atomic mass is 10.1. The lowest BCUT2D eigenvalue weighted by molar-refractivity contribution is 0.0936. The Morgan fingerprint density at radius 2 is 2.00 bits per heavy atom. The minimum atomic E-state index is -3.03. The molecule has 132 valence electrons. The van der Waals surface area contributed by atoms with Crippen molar-refractivity contribution in [1.29, 1.82) is 0 Å². The van der Waals surface area contributed by atoms with E-state index in [1.807, 2.05) is 37.3 Å². The summed E-state index contributed by atoms with van der Waals surface area (Å²) in [5.41, 5.74) is 2.20. The van der Waals surface area contributed by atoms with E-state index in [4.69, 9.17) is 0 Å². The number of hydrogen-bond donors (Lipinski definition) is 2. The number of hydrogen-bond acceptors (Lipinski definition) is 5. The van der Waals surface area contributed by atoms with Crippen LogP contribution in [-0.4, -0.2) is 36.9 Å². The van der Waals surface area contributed by atoms with Gasteiger partial charge in [0, 0.05) is 24.0 Å². The van der Waals surface area contributed by atoms with Crippen LogP contribution in [-0.2, 0) is 9.84 Å². The molecule has 1 aromatic heterocycles. The molecule has 6 nitrogen and oxygen atoms in total. The van der Waals surface area contributed by atoms with Crippen LogP contribution in [0, 0.1) is 0 Å². The zero-order chi connectivity index (χ0) is 17.9. The van der Waals surface area contributed by atoms with Crippen molar-refractivity contribution in [3.63, 3.8) is 0 Å². The van der Waals surface area contributed by atoms with Crippen LogP contribution in [0.4, 0.5) is 5.69 Å². The first-order valence-corrected chi connectivity index (χ1v) is 10.0. The smallest absolute Gasteiger partial charge is 0.270 e. The molecule has 3 rings (SSSR count). The zero-order valence-electron chi connectivity index (χ0n) is 14.0. The Bertz CT molecular complexity index is 853. The Balaban J connectivity index is 1.66. The lowest BCUT2D eigenvalue weighted by Crippen LogP contribution is -2.36. The maximum atomic E-state index is 12.3. The summed E-state index contributed by atoms with van der Waals surface area (Å²) < 4.78 is 23.0. The zero-order valence-corrected chi connectivity index (χ0v) is 14.8. The van der Waals surface area contributed by atoms with Gasteiger partial charge in [-0.05, 0) is 31.0 Å². The molecule has 1 aliphatic rings. The molecule has 1 aliphatic heterocycles. The highest BCUT2D eigenvalue weighted by atomic mass is 32.2. The van der Waals surface area contributed by atoms with E-state index < -0.39 is 9.84 Å². The van der Waals surface area contributed by atoms with Gasteiger partial charge in [0.2, 0.25) is 0 Å². The van der Waals surface area contributed by atoms with E-state index in [1.54, 1.807) is 18.3 Å². The number of aromatic nitrogens is 1. The van der Waals surface area contributed by atoms with Gasteiger partial charge in [0.05, 0.1) is 11.5 Å². The van der Waals surface area contributed by atoms with Crippen LogP contribution in [0.2, 0.25) is 0 Å². The summed E-state index contributed by atoms with van der Waals surface area (Å²) in [4.78, 5) is 16.4. The number of carbonyl (C=O) groups excluding carboxylic acids is 1. The number of amides is 1. The van der Waals surface area contributed by atoms with Crippen LogP contribution in [0.1, 0.15) is 35.4 Å². The topological polar surface area (TPSA) is 88.2 Å². The summed E-state index contributed by atoms with van der Waals surface area (Å²) in [6.07, 6.45) is 2.03. The number of pyridine rings is 1. The second kappa shape index (κ2) is 7.23. The van der Waals surface area contributed by atoms with Gasteiger partial charge < -0.3 is 10.6 Å². The molecule has 0 aliphatic carbocycles. The van der Waals surface area contributed by atoms with Gasteiger partial charge in [-0.25, -0.2) is 8.42 Å². The van der Waals surface area contributed by atoms with E-state index in [2.05, 4.69) is 15.6 Å². The van der Waals surface area contributed by atoms with Crippen LogP contribution in [0.3, 0.4) is 0 Å². The number of nitrogens with zero attached hydrogens (tertiary/aromatic N) is 1. The van der Waals surface area contributed by atoms with Gasteiger partial charge >= 0.3 is 0 Å². The standard InChI is InChI=1S/C18H21N3O3S/c1-13(14-5-3-2-4-6-14)20-15-7-9-19-17(11-15)18(22)21-16-8-10-25(23,24)12-16/h2-7,9,11,13,16H,8,10,12H2,1H3,(H,19,20)(H,21,22). The van der Waals surface area contributed by atoms with E-state index in [1.165, 1.54) is 0 Å². The van der Waals surface area contributed by atoms with Gasteiger partial charge in [-0.2, -0.15) is 0 Å². The van der Waals surface area contributed by atoms with Gasteiger partial charge in [0.15, 0.2) is 9.84 Å². The Hall–Kier alpha value is -2.41. The molecular weight excluding hydrogens is 338 g/mol. The fourth-order valence-corrected chi connectivity index (χ4v) is 4.56. The first-order valence-electron chi connectivity index (χ1n) is 8.22. The fourth-order valence-electron chi connectivity index (χ4n) is 2.89. The molecule has 0 bridgehead atoms. The van der Waals surface area contributed by atoms with Crippen LogP contribution in [0.5, 0.6) is 0 Å². The summed E-state index contributed by atoms with van der Waals surface area (Å²) in [7, 11) is -3.03. The molecule has 2 aromatic rings. The average molecular weight is 359 g/mol. The Morgan fingerprint density at radius 3 is 2.68 bits per heavy atom. The van der Waals surface area contributed by atoms with Crippen molar-refractivity contribution in [3.05, 3.63) is 59.9 Å². The van der Waals surface area contributed by atoms with E-state index in [9.17, 15) is 13.2 Å². The first-order chi connectivity index (χ1) is 11.9. The molecule has 1 aromatic carbocycles. The normalized spacial score (nSPS) is 20.0. The highest BCUT2D eigenvalue weighted by molar-refractivity contribution is 7.91. The molecule has 2 N–H and O–H groups in total. The summed E-state index contributed by atoms with van der Waals surface area (Å²) >= 11 is 0. The van der Waals surface area contributed by atoms with Gasteiger partial charge in [0.25, 0.3) is 5.91 Å². The van der Waals surface area contributed by atoms with Crippen molar-refractivity contribution < 1.29 is 13.2 Å². The maximum Gasteiger partial charge on any atom is 0.270 e. The number of nitrogens with one attached hydrogen (secondary N) is 2. The molecule has 25 heavy (non-hydrogen) atoms. The maximum absolute atomic E-state index is 12.3. The summed E-state index contributed by atoms with van der Waals surface area (Å²) in [6, 6.07) is 13.2. The number of benzene rings is 1. The molecule has 1 saturated heterocycles. The second-order valence-electron chi connectivity index (χ2n) is 6.28. The van der Waals surface area contributed by atoms with Crippen molar-refractivity contribution in [2.45, 2.75) is 25.4 Å². The molecule has 2 unspecified atom stereocenters. The highest BCUT2D eigenvalue weighted by Crippen LogP contribution is 2.19. The third kappa shape index (κ3) is 4.57. The first kappa shape index (κ1) is 17.4. The minimum Gasteiger partial charge on any atom is -0.378 e. The predicted molar refractivity (Wildman–Crippen MR) is 97.2 cm³/mol. The van der Waals surface area contributed by atoms with Crippen LogP contribution < -0.4 is 10.6 Å². The molecule has 2 atom stereocenters. The van der Waals surface area contributed by atoms with Crippen LogP contribution in [0.15, 0.2) is 48.7 Å². The van der Waals surface area contributed by atoms with Crippen molar-refractivity contribution in [1.82, 2.24) is 10.3 Å². The summed E-state index contributed by atoms with van der Waals surface area (Å²) in [5.74, 6) is -0.221. The van der Waals surface area contributed by atoms with Gasteiger partial charge in [-0.1, -0.05) is 30.3 Å². The summed E-state index contributed by atoms with van der Waals surface area (Å²) in [6.45, 7) is 2.04.